The third-order valence-corrected chi connectivity index (χ3v) is 17.8. The molecule has 0 aromatic carbocycles. The summed E-state index contributed by atoms with van der Waals surface area (Å²) < 4.78 is 33.2. The monoisotopic (exact) mass is 1250 g/mol. The molecule has 3 N–H and O–H groups in total. The van der Waals surface area contributed by atoms with Crippen LogP contribution >= 0.6 is 7.82 Å². The van der Waals surface area contributed by atoms with Crippen LogP contribution in [0.4, 0.5) is 0 Å². The minimum Gasteiger partial charge on any atom is -0.462 e. The van der Waals surface area contributed by atoms with Gasteiger partial charge in [-0.15, -0.1) is 0 Å². The van der Waals surface area contributed by atoms with Crippen molar-refractivity contribution in [2.24, 2.45) is 5.73 Å². The predicted molar refractivity (Wildman–Crippen MR) is 381 cm³/mol. The molecule has 0 aliphatic rings. The number of hydrogen-bond donors (Lipinski definition) is 2. The molecular formula is C78H144NO8P. The van der Waals surface area contributed by atoms with E-state index in [9.17, 15) is 19.0 Å². The van der Waals surface area contributed by atoms with Gasteiger partial charge >= 0.3 is 19.8 Å². The van der Waals surface area contributed by atoms with Crippen LogP contribution in [0.15, 0.2) is 72.9 Å². The van der Waals surface area contributed by atoms with Crippen molar-refractivity contribution in [1.29, 1.82) is 0 Å². The van der Waals surface area contributed by atoms with Gasteiger partial charge in [0.1, 0.15) is 6.61 Å². The van der Waals surface area contributed by atoms with Gasteiger partial charge in [-0.1, -0.05) is 376 Å². The summed E-state index contributed by atoms with van der Waals surface area (Å²) in [7, 11) is -4.40. The fourth-order valence-corrected chi connectivity index (χ4v) is 12.1. The minimum absolute atomic E-state index is 0.0516. The lowest BCUT2D eigenvalue weighted by Crippen LogP contribution is -2.29. The summed E-state index contributed by atoms with van der Waals surface area (Å²) >= 11 is 0. The van der Waals surface area contributed by atoms with E-state index in [1.54, 1.807) is 0 Å². The molecule has 0 rings (SSSR count). The molecule has 2 atom stereocenters. The molecule has 2 unspecified atom stereocenters. The topological polar surface area (TPSA) is 134 Å². The number of phosphoric ester groups is 1. The Morgan fingerprint density at radius 1 is 0.352 bits per heavy atom. The van der Waals surface area contributed by atoms with Crippen LogP contribution in [0.25, 0.3) is 0 Å². The summed E-state index contributed by atoms with van der Waals surface area (Å²) in [6, 6.07) is 0. The van der Waals surface area contributed by atoms with Gasteiger partial charge in [0.2, 0.25) is 0 Å². The maximum Gasteiger partial charge on any atom is 0.472 e. The standard InChI is InChI=1S/C78H144NO8P/c1-3-5-7-9-11-13-15-17-19-21-23-25-27-29-31-33-34-35-36-37-38-39-40-41-43-44-46-48-50-52-54-56-58-60-62-64-66-68-70-77(80)84-74-76(75-86-88(82,83)85-73-72-79)87-78(81)71-69-67-65-63-61-59-57-55-53-51-49-47-45-42-32-30-28-26-24-22-20-18-16-14-12-10-8-6-4-2/h6,8,12,14,18,20,24,26,30,32,45,47,76H,3-5,7,9-11,13,15-17,19,21-23,25,27-29,31,33-44,46,48-75,79H2,1-2H3,(H,82,83)/b8-6-,14-12-,20-18-,26-24-,32-30-,47-45-. The van der Waals surface area contributed by atoms with Crippen LogP contribution < -0.4 is 5.73 Å². The number of ether oxygens (including phenoxy) is 2. The summed E-state index contributed by atoms with van der Waals surface area (Å²) in [6.07, 6.45) is 97.5. The van der Waals surface area contributed by atoms with Crippen molar-refractivity contribution in [2.75, 3.05) is 26.4 Å². The molecule has 0 saturated heterocycles. The lowest BCUT2D eigenvalue weighted by atomic mass is 10.0. The van der Waals surface area contributed by atoms with Crippen molar-refractivity contribution in [2.45, 2.75) is 386 Å². The van der Waals surface area contributed by atoms with Crippen molar-refractivity contribution in [3.05, 3.63) is 72.9 Å². The normalized spacial score (nSPS) is 13.3. The molecule has 10 heteroatoms. The van der Waals surface area contributed by atoms with Crippen molar-refractivity contribution in [1.82, 2.24) is 0 Å². The summed E-state index contributed by atoms with van der Waals surface area (Å²) in [5.74, 6) is -0.818. The van der Waals surface area contributed by atoms with E-state index in [1.165, 1.54) is 263 Å². The highest BCUT2D eigenvalue weighted by atomic mass is 31.2. The zero-order valence-electron chi connectivity index (χ0n) is 58.0. The number of esters is 2. The zero-order valence-corrected chi connectivity index (χ0v) is 58.9. The smallest absolute Gasteiger partial charge is 0.462 e. The van der Waals surface area contributed by atoms with E-state index >= 15 is 0 Å². The average Bonchev–Trinajstić information content (AvgIpc) is 3.60. The fourth-order valence-electron chi connectivity index (χ4n) is 11.3. The number of unbranched alkanes of at least 4 members (excludes halogenated alkanes) is 47. The van der Waals surface area contributed by atoms with E-state index in [0.29, 0.717) is 6.42 Å². The third kappa shape index (κ3) is 72.5. The Balaban J connectivity index is 3.79. The number of rotatable bonds is 72. The molecule has 0 bridgehead atoms. The van der Waals surface area contributed by atoms with Crippen LogP contribution in [0.1, 0.15) is 380 Å². The van der Waals surface area contributed by atoms with E-state index in [2.05, 4.69) is 86.8 Å². The highest BCUT2D eigenvalue weighted by Gasteiger charge is 2.26. The van der Waals surface area contributed by atoms with E-state index in [1.807, 2.05) is 0 Å². The Labute approximate surface area is 545 Å². The first-order valence-electron chi connectivity index (χ1n) is 37.9. The first-order chi connectivity index (χ1) is 43.3. The Morgan fingerprint density at radius 3 is 0.932 bits per heavy atom. The molecule has 0 aromatic rings. The summed E-state index contributed by atoms with van der Waals surface area (Å²) in [6.45, 7) is 3.68. The zero-order chi connectivity index (χ0) is 63.7. The second-order valence-corrected chi connectivity index (χ2v) is 27.0. The molecule has 88 heavy (non-hydrogen) atoms. The molecule has 0 aliphatic carbocycles. The van der Waals surface area contributed by atoms with E-state index in [4.69, 9.17) is 24.3 Å². The molecule has 0 heterocycles. The predicted octanol–water partition coefficient (Wildman–Crippen LogP) is 25.1. The first kappa shape index (κ1) is 85.5. The lowest BCUT2D eigenvalue weighted by molar-refractivity contribution is -0.161. The van der Waals surface area contributed by atoms with Gasteiger partial charge in [0.05, 0.1) is 13.2 Å². The second-order valence-electron chi connectivity index (χ2n) is 25.5. The first-order valence-corrected chi connectivity index (χ1v) is 39.4. The molecule has 0 radical (unpaired) electrons. The van der Waals surface area contributed by atoms with Gasteiger partial charge in [-0.25, -0.2) is 4.57 Å². The Kier molecular flexibility index (Phi) is 71.4. The highest BCUT2D eigenvalue weighted by Crippen LogP contribution is 2.43. The van der Waals surface area contributed by atoms with Crippen LogP contribution in [0.2, 0.25) is 0 Å². The van der Waals surface area contributed by atoms with Gasteiger partial charge in [-0.05, 0) is 64.2 Å². The maximum atomic E-state index is 12.8. The van der Waals surface area contributed by atoms with E-state index < -0.39 is 26.5 Å². The summed E-state index contributed by atoms with van der Waals surface area (Å²) in [4.78, 5) is 35.4. The number of carbonyl (C=O) groups excluding carboxylic acids is 2. The van der Waals surface area contributed by atoms with Crippen molar-refractivity contribution >= 4 is 19.8 Å². The molecule has 9 nitrogen and oxygen atoms in total. The van der Waals surface area contributed by atoms with Crippen LogP contribution in [0.3, 0.4) is 0 Å². The van der Waals surface area contributed by atoms with Crippen LogP contribution in [-0.2, 0) is 32.7 Å². The van der Waals surface area contributed by atoms with Crippen molar-refractivity contribution < 1.29 is 37.6 Å². The minimum atomic E-state index is -4.40. The SMILES string of the molecule is CC/C=C\C/C=C\C/C=C\C/C=C\C/C=C\C/C=C\CCCCCCCCCCCCC(=O)OC(COC(=O)CCCCCCCCCCCCCCCCCCCCCCCCCCCCCCCCCCCCCCCC)COP(=O)(O)OCCN. The molecule has 0 aromatic heterocycles. The van der Waals surface area contributed by atoms with Crippen LogP contribution in [0, 0.1) is 0 Å². The van der Waals surface area contributed by atoms with Gasteiger partial charge in [0.25, 0.3) is 0 Å². The largest absolute Gasteiger partial charge is 0.472 e. The molecule has 514 valence electrons. The Morgan fingerprint density at radius 2 is 0.625 bits per heavy atom. The molecule has 0 amide bonds. The van der Waals surface area contributed by atoms with Crippen LogP contribution in [0.5, 0.6) is 0 Å². The second kappa shape index (κ2) is 73.5. The van der Waals surface area contributed by atoms with Gasteiger partial charge in [-0.3, -0.25) is 18.6 Å². The quantitative estimate of drug-likeness (QED) is 0.0264. The van der Waals surface area contributed by atoms with Gasteiger partial charge in [0.15, 0.2) is 6.10 Å². The molecule has 0 fully saturated rings. The third-order valence-electron chi connectivity index (χ3n) is 16.9. The molecule has 0 spiro atoms. The number of carbonyl (C=O) groups is 2. The van der Waals surface area contributed by atoms with Crippen LogP contribution in [-0.4, -0.2) is 49.3 Å². The average molecular weight is 1250 g/mol. The summed E-state index contributed by atoms with van der Waals surface area (Å²) in [5, 5.41) is 0. The van der Waals surface area contributed by atoms with Gasteiger partial charge in [0, 0.05) is 19.4 Å². The number of allylic oxidation sites excluding steroid dienone is 12. The lowest BCUT2D eigenvalue weighted by Gasteiger charge is -2.19. The fraction of sp³-hybridized carbons (Fsp3) is 0.821. The highest BCUT2D eigenvalue weighted by molar-refractivity contribution is 7.47. The van der Waals surface area contributed by atoms with Gasteiger partial charge in [-0.2, -0.15) is 0 Å². The van der Waals surface area contributed by atoms with Crippen molar-refractivity contribution in [3.8, 4) is 0 Å². The van der Waals surface area contributed by atoms with Crippen molar-refractivity contribution in [3.63, 3.8) is 0 Å². The van der Waals surface area contributed by atoms with E-state index in [0.717, 1.165) is 83.5 Å². The number of phosphoric acid groups is 1. The Bertz CT molecular complexity index is 1670. The Hall–Kier alpha value is -2.55. The molecule has 0 saturated carbocycles. The number of nitrogens with two attached hydrogens (primary N) is 1. The van der Waals surface area contributed by atoms with Gasteiger partial charge < -0.3 is 20.1 Å². The molecule has 0 aliphatic heterocycles. The molecular weight excluding hydrogens is 1110 g/mol. The number of hydrogen-bond acceptors (Lipinski definition) is 8. The maximum absolute atomic E-state index is 12.8. The summed E-state index contributed by atoms with van der Waals surface area (Å²) in [5.41, 5.74) is 5.41. The van der Waals surface area contributed by atoms with E-state index in [-0.39, 0.29) is 38.6 Å².